The first-order chi connectivity index (χ1) is 9.69. The normalized spacial score (nSPS) is 17.1. The van der Waals surface area contributed by atoms with Gasteiger partial charge in [-0.1, -0.05) is 18.5 Å². The maximum atomic E-state index is 6.09. The van der Waals surface area contributed by atoms with Crippen LogP contribution in [-0.2, 0) is 6.54 Å². The summed E-state index contributed by atoms with van der Waals surface area (Å²) in [5.41, 5.74) is 2.19. The summed E-state index contributed by atoms with van der Waals surface area (Å²) in [4.78, 5) is 9.58. The fraction of sp³-hybridized carbons (Fsp3) is 0.533. The summed E-state index contributed by atoms with van der Waals surface area (Å²) in [6, 6.07) is 5.99. The van der Waals surface area contributed by atoms with Gasteiger partial charge in [-0.05, 0) is 31.7 Å². The molecule has 0 amide bonds. The van der Waals surface area contributed by atoms with E-state index in [1.165, 1.54) is 5.52 Å². The van der Waals surface area contributed by atoms with Gasteiger partial charge >= 0.3 is 0 Å². The van der Waals surface area contributed by atoms with E-state index in [1.54, 1.807) is 0 Å². The fourth-order valence-corrected chi connectivity index (χ4v) is 2.95. The van der Waals surface area contributed by atoms with Crippen molar-refractivity contribution in [2.75, 3.05) is 38.1 Å². The topological polar surface area (TPSA) is 24.3 Å². The summed E-state index contributed by atoms with van der Waals surface area (Å²) in [7, 11) is 2.17. The molecule has 1 fully saturated rings. The minimum Gasteiger partial charge on any atom is -0.340 e. The van der Waals surface area contributed by atoms with Gasteiger partial charge in [0.25, 0.3) is 0 Å². The van der Waals surface area contributed by atoms with Gasteiger partial charge in [0.1, 0.15) is 0 Å². The van der Waals surface area contributed by atoms with E-state index in [0.717, 1.165) is 55.6 Å². The summed E-state index contributed by atoms with van der Waals surface area (Å²) >= 11 is 6.09. The van der Waals surface area contributed by atoms with Crippen LogP contribution in [0, 0.1) is 0 Å². The number of fused-ring (bicyclic) bond motifs is 1. The Balaban J connectivity index is 2.02. The van der Waals surface area contributed by atoms with Crippen molar-refractivity contribution in [3.8, 4) is 0 Å². The summed E-state index contributed by atoms with van der Waals surface area (Å²) in [5.74, 6) is 1.09. The number of anilines is 1. The molecule has 0 aliphatic carbocycles. The fourth-order valence-electron chi connectivity index (χ4n) is 2.78. The summed E-state index contributed by atoms with van der Waals surface area (Å²) in [5, 5.41) is 0.753. The molecule has 3 rings (SSSR count). The second-order valence-electron chi connectivity index (χ2n) is 5.49. The van der Waals surface area contributed by atoms with E-state index in [2.05, 4.69) is 34.4 Å². The van der Waals surface area contributed by atoms with Crippen LogP contribution < -0.4 is 4.90 Å². The van der Waals surface area contributed by atoms with Crippen LogP contribution in [0.5, 0.6) is 0 Å². The zero-order valence-electron chi connectivity index (χ0n) is 12.1. The lowest BCUT2D eigenvalue weighted by molar-refractivity contribution is 0.310. The van der Waals surface area contributed by atoms with Crippen molar-refractivity contribution in [1.82, 2.24) is 14.5 Å². The van der Waals surface area contributed by atoms with Gasteiger partial charge in [0, 0.05) is 37.7 Å². The molecule has 1 aliphatic heterocycles. The van der Waals surface area contributed by atoms with Crippen LogP contribution in [-0.4, -0.2) is 47.7 Å². The van der Waals surface area contributed by atoms with E-state index in [-0.39, 0.29) is 0 Å². The molecule has 0 atom stereocenters. The maximum Gasteiger partial charge on any atom is 0.206 e. The minimum absolute atomic E-state index is 0.753. The summed E-state index contributed by atoms with van der Waals surface area (Å²) < 4.78 is 2.33. The molecule has 0 saturated carbocycles. The second-order valence-corrected chi connectivity index (χ2v) is 5.92. The quantitative estimate of drug-likeness (QED) is 0.869. The number of imidazole rings is 1. The zero-order chi connectivity index (χ0) is 14.1. The number of piperazine rings is 1. The Kier molecular flexibility index (Phi) is 3.85. The third-order valence-electron chi connectivity index (χ3n) is 3.92. The number of hydrogen-bond donors (Lipinski definition) is 0. The SMILES string of the molecule is CCCn1c(N2CCN(C)CC2)nc2cc(Cl)ccc21. The van der Waals surface area contributed by atoms with Crippen molar-refractivity contribution in [2.24, 2.45) is 0 Å². The monoisotopic (exact) mass is 292 g/mol. The smallest absolute Gasteiger partial charge is 0.206 e. The number of likely N-dealkylation sites (N-methyl/N-ethyl adjacent to an activating group) is 1. The highest BCUT2D eigenvalue weighted by atomic mass is 35.5. The molecule has 108 valence electrons. The van der Waals surface area contributed by atoms with Gasteiger partial charge in [0.15, 0.2) is 0 Å². The third kappa shape index (κ3) is 2.50. The molecule has 20 heavy (non-hydrogen) atoms. The van der Waals surface area contributed by atoms with Crippen molar-refractivity contribution in [2.45, 2.75) is 19.9 Å². The van der Waals surface area contributed by atoms with Crippen LogP contribution in [0.2, 0.25) is 5.02 Å². The molecule has 5 heteroatoms. The average Bonchev–Trinajstić information content (AvgIpc) is 2.78. The third-order valence-corrected chi connectivity index (χ3v) is 4.16. The van der Waals surface area contributed by atoms with Gasteiger partial charge in [-0.15, -0.1) is 0 Å². The highest BCUT2D eigenvalue weighted by Gasteiger charge is 2.20. The van der Waals surface area contributed by atoms with Gasteiger partial charge < -0.3 is 14.4 Å². The number of rotatable bonds is 3. The summed E-state index contributed by atoms with van der Waals surface area (Å²) in [6.07, 6.45) is 1.11. The van der Waals surface area contributed by atoms with Crippen molar-refractivity contribution in [1.29, 1.82) is 0 Å². The first kappa shape index (κ1) is 13.7. The largest absolute Gasteiger partial charge is 0.340 e. The predicted octanol–water partition coefficient (Wildman–Crippen LogP) is 2.85. The molecular formula is C15H21ClN4. The molecule has 1 aromatic carbocycles. The molecule has 4 nitrogen and oxygen atoms in total. The molecule has 0 N–H and O–H groups in total. The molecule has 1 aromatic heterocycles. The number of halogens is 1. The van der Waals surface area contributed by atoms with Crippen LogP contribution >= 0.6 is 11.6 Å². The Morgan fingerprint density at radius 1 is 1.20 bits per heavy atom. The Morgan fingerprint density at radius 2 is 1.95 bits per heavy atom. The highest BCUT2D eigenvalue weighted by molar-refractivity contribution is 6.31. The molecule has 2 aromatic rings. The number of aryl methyl sites for hydroxylation is 1. The average molecular weight is 293 g/mol. The van der Waals surface area contributed by atoms with E-state index in [0.29, 0.717) is 0 Å². The molecule has 2 heterocycles. The number of aromatic nitrogens is 2. The number of benzene rings is 1. The molecule has 0 spiro atoms. The van der Waals surface area contributed by atoms with Crippen LogP contribution in [0.1, 0.15) is 13.3 Å². The van der Waals surface area contributed by atoms with Crippen LogP contribution in [0.4, 0.5) is 5.95 Å². The van der Waals surface area contributed by atoms with Gasteiger partial charge in [-0.25, -0.2) is 4.98 Å². The second kappa shape index (κ2) is 5.62. The lowest BCUT2D eigenvalue weighted by atomic mass is 10.3. The first-order valence-electron chi connectivity index (χ1n) is 7.28. The number of nitrogens with zero attached hydrogens (tertiary/aromatic N) is 4. The van der Waals surface area contributed by atoms with Crippen LogP contribution in [0.15, 0.2) is 18.2 Å². The lowest BCUT2D eigenvalue weighted by Crippen LogP contribution is -2.45. The zero-order valence-corrected chi connectivity index (χ0v) is 12.9. The molecule has 0 radical (unpaired) electrons. The molecule has 1 aliphatic rings. The Hall–Kier alpha value is -1.26. The van der Waals surface area contributed by atoms with Gasteiger partial charge in [0.05, 0.1) is 11.0 Å². The van der Waals surface area contributed by atoms with Crippen molar-refractivity contribution >= 4 is 28.6 Å². The lowest BCUT2D eigenvalue weighted by Gasteiger charge is -2.33. The standard InChI is InChI=1S/C15H21ClN4/c1-3-6-20-14-5-4-12(16)11-13(14)17-15(20)19-9-7-18(2)8-10-19/h4-5,11H,3,6-10H2,1-2H3. The highest BCUT2D eigenvalue weighted by Crippen LogP contribution is 2.26. The van der Waals surface area contributed by atoms with E-state index < -0.39 is 0 Å². The Morgan fingerprint density at radius 3 is 2.65 bits per heavy atom. The van der Waals surface area contributed by atoms with Crippen LogP contribution in [0.25, 0.3) is 11.0 Å². The molecule has 0 bridgehead atoms. The van der Waals surface area contributed by atoms with Crippen molar-refractivity contribution in [3.05, 3.63) is 23.2 Å². The number of hydrogen-bond acceptors (Lipinski definition) is 3. The van der Waals surface area contributed by atoms with Crippen molar-refractivity contribution < 1.29 is 0 Å². The van der Waals surface area contributed by atoms with Crippen LogP contribution in [0.3, 0.4) is 0 Å². The minimum atomic E-state index is 0.753. The molecule has 0 unspecified atom stereocenters. The van der Waals surface area contributed by atoms with Gasteiger partial charge in [-0.3, -0.25) is 0 Å². The van der Waals surface area contributed by atoms with E-state index in [4.69, 9.17) is 16.6 Å². The molecule has 1 saturated heterocycles. The Labute approximate surface area is 124 Å². The Bertz CT molecular complexity index is 599. The molecular weight excluding hydrogens is 272 g/mol. The van der Waals surface area contributed by atoms with E-state index in [1.807, 2.05) is 12.1 Å². The van der Waals surface area contributed by atoms with E-state index in [9.17, 15) is 0 Å². The van der Waals surface area contributed by atoms with Crippen molar-refractivity contribution in [3.63, 3.8) is 0 Å². The van der Waals surface area contributed by atoms with E-state index >= 15 is 0 Å². The first-order valence-corrected chi connectivity index (χ1v) is 7.66. The predicted molar refractivity (Wildman–Crippen MR) is 84.7 cm³/mol. The van der Waals surface area contributed by atoms with Gasteiger partial charge in [-0.2, -0.15) is 0 Å². The maximum absolute atomic E-state index is 6.09. The summed E-state index contributed by atoms with van der Waals surface area (Å²) in [6.45, 7) is 7.47. The van der Waals surface area contributed by atoms with Gasteiger partial charge in [0.2, 0.25) is 5.95 Å².